The molecule has 0 atom stereocenters. The van der Waals surface area contributed by atoms with Gasteiger partial charge in [0.05, 0.1) is 17.4 Å². The maximum Gasteiger partial charge on any atom is 0.253 e. The third-order valence-electron chi connectivity index (χ3n) is 6.15. The van der Waals surface area contributed by atoms with Crippen LogP contribution in [0.15, 0.2) is 42.6 Å². The van der Waals surface area contributed by atoms with Gasteiger partial charge in [0.25, 0.3) is 5.91 Å². The number of fused-ring (bicyclic) bond motifs is 1. The molecule has 1 aromatic heterocycles. The zero-order chi connectivity index (χ0) is 26.5. The fourth-order valence-electron chi connectivity index (χ4n) is 4.21. The van der Waals surface area contributed by atoms with Crippen LogP contribution in [0.3, 0.4) is 0 Å². The number of para-hydroxylation sites is 1. The number of carbonyl (C=O) groups is 2. The smallest absolute Gasteiger partial charge is 0.253 e. The summed E-state index contributed by atoms with van der Waals surface area (Å²) in [5.41, 5.74) is 8.72. The molecule has 0 fully saturated rings. The van der Waals surface area contributed by atoms with Gasteiger partial charge in [0.15, 0.2) is 5.82 Å². The van der Waals surface area contributed by atoms with Crippen molar-refractivity contribution in [1.29, 1.82) is 0 Å². The first kappa shape index (κ1) is 26.3. The minimum atomic E-state index is -0.648. The molecule has 2 heterocycles. The van der Waals surface area contributed by atoms with Crippen molar-refractivity contribution in [1.82, 2.24) is 20.2 Å². The van der Waals surface area contributed by atoms with Crippen LogP contribution in [-0.4, -0.2) is 59.9 Å². The van der Waals surface area contributed by atoms with Crippen molar-refractivity contribution < 1.29 is 14.0 Å². The number of amides is 2. The van der Waals surface area contributed by atoms with Crippen molar-refractivity contribution in [3.05, 3.63) is 70.1 Å². The number of likely N-dealkylation sites (N-methyl/N-ethyl adjacent to an activating group) is 1. The Bertz CT molecular complexity index is 1320. The predicted molar refractivity (Wildman–Crippen MR) is 142 cm³/mol. The minimum absolute atomic E-state index is 0.0735. The fraction of sp³-hybridized carbons (Fsp3) is 0.308. The van der Waals surface area contributed by atoms with Crippen LogP contribution in [0.2, 0.25) is 5.02 Å². The second kappa shape index (κ2) is 11.5. The first-order chi connectivity index (χ1) is 17.8. The molecule has 0 unspecified atom stereocenters. The largest absolute Gasteiger partial charge is 0.368 e. The number of aromatic nitrogens is 2. The molecule has 1 aliphatic heterocycles. The van der Waals surface area contributed by atoms with E-state index in [-0.39, 0.29) is 34.6 Å². The SMILES string of the molecule is CCNC(=O)c1cccc(F)c1Nc1nc(N(CC(N)=O)c2ccc3c(c2)CCN(C)CC3)ncc1Cl. The quantitative estimate of drug-likeness (QED) is 0.412. The first-order valence-electron chi connectivity index (χ1n) is 12.0. The number of benzene rings is 2. The molecule has 0 bridgehead atoms. The number of nitrogens with two attached hydrogens (primary N) is 1. The molecule has 0 spiro atoms. The van der Waals surface area contributed by atoms with Gasteiger partial charge in [-0.25, -0.2) is 9.37 Å². The molecule has 9 nitrogen and oxygen atoms in total. The van der Waals surface area contributed by atoms with Crippen LogP contribution >= 0.6 is 11.6 Å². The summed E-state index contributed by atoms with van der Waals surface area (Å²) in [5.74, 6) is -1.44. The van der Waals surface area contributed by atoms with Gasteiger partial charge < -0.3 is 26.2 Å². The van der Waals surface area contributed by atoms with Gasteiger partial charge in [0.1, 0.15) is 17.4 Å². The van der Waals surface area contributed by atoms with E-state index in [2.05, 4.69) is 32.5 Å². The van der Waals surface area contributed by atoms with E-state index >= 15 is 0 Å². The van der Waals surface area contributed by atoms with Gasteiger partial charge in [-0.15, -0.1) is 0 Å². The number of hydrogen-bond donors (Lipinski definition) is 3. The highest BCUT2D eigenvalue weighted by Gasteiger charge is 2.21. The molecule has 0 aliphatic carbocycles. The third kappa shape index (κ3) is 6.15. The maximum atomic E-state index is 14.8. The summed E-state index contributed by atoms with van der Waals surface area (Å²) in [7, 11) is 2.09. The lowest BCUT2D eigenvalue weighted by Crippen LogP contribution is -2.31. The highest BCUT2D eigenvalue weighted by atomic mass is 35.5. The summed E-state index contributed by atoms with van der Waals surface area (Å²) in [6.07, 6.45) is 3.16. The predicted octanol–water partition coefficient (Wildman–Crippen LogP) is 3.42. The number of halogens is 2. The second-order valence-corrected chi connectivity index (χ2v) is 9.23. The molecule has 4 rings (SSSR count). The Hall–Kier alpha value is -3.76. The highest BCUT2D eigenvalue weighted by Crippen LogP contribution is 2.32. The molecule has 2 aromatic carbocycles. The number of hydrogen-bond acceptors (Lipinski definition) is 7. The van der Waals surface area contributed by atoms with E-state index in [4.69, 9.17) is 17.3 Å². The molecule has 1 aliphatic rings. The van der Waals surface area contributed by atoms with E-state index in [1.807, 2.05) is 18.2 Å². The van der Waals surface area contributed by atoms with Gasteiger partial charge in [-0.3, -0.25) is 9.59 Å². The summed E-state index contributed by atoms with van der Waals surface area (Å²) < 4.78 is 14.8. The number of anilines is 4. The lowest BCUT2D eigenvalue weighted by molar-refractivity contribution is -0.116. The van der Waals surface area contributed by atoms with Crippen LogP contribution in [0, 0.1) is 5.82 Å². The molecule has 11 heteroatoms. The highest BCUT2D eigenvalue weighted by molar-refractivity contribution is 6.33. The number of rotatable bonds is 8. The summed E-state index contributed by atoms with van der Waals surface area (Å²) in [6.45, 7) is 3.87. The minimum Gasteiger partial charge on any atom is -0.368 e. The lowest BCUT2D eigenvalue weighted by atomic mass is 10.0. The lowest BCUT2D eigenvalue weighted by Gasteiger charge is -2.23. The van der Waals surface area contributed by atoms with E-state index in [0.29, 0.717) is 12.2 Å². The molecule has 0 saturated carbocycles. The summed E-state index contributed by atoms with van der Waals surface area (Å²) in [6, 6.07) is 10.1. The molecular formula is C26H29ClFN7O2. The Morgan fingerprint density at radius 1 is 1.19 bits per heavy atom. The summed E-state index contributed by atoms with van der Waals surface area (Å²) >= 11 is 6.35. The van der Waals surface area contributed by atoms with Crippen LogP contribution < -0.4 is 21.3 Å². The van der Waals surface area contributed by atoms with Crippen molar-refractivity contribution >= 4 is 46.6 Å². The Morgan fingerprint density at radius 2 is 1.95 bits per heavy atom. The Morgan fingerprint density at radius 3 is 2.68 bits per heavy atom. The second-order valence-electron chi connectivity index (χ2n) is 8.82. The average molecular weight is 526 g/mol. The van der Waals surface area contributed by atoms with Gasteiger partial charge in [-0.05, 0) is 62.2 Å². The first-order valence-corrected chi connectivity index (χ1v) is 12.4. The van der Waals surface area contributed by atoms with Crippen molar-refractivity contribution in [2.75, 3.05) is 43.4 Å². The van der Waals surface area contributed by atoms with Gasteiger partial charge in [0.2, 0.25) is 11.9 Å². The van der Waals surface area contributed by atoms with Crippen LogP contribution in [0.4, 0.5) is 27.5 Å². The average Bonchev–Trinajstić information content (AvgIpc) is 3.06. The molecular weight excluding hydrogens is 497 g/mol. The molecule has 37 heavy (non-hydrogen) atoms. The topological polar surface area (TPSA) is 116 Å². The normalized spacial score (nSPS) is 13.4. The van der Waals surface area contributed by atoms with Crippen LogP contribution in [0.1, 0.15) is 28.4 Å². The van der Waals surface area contributed by atoms with Crippen molar-refractivity contribution in [3.63, 3.8) is 0 Å². The van der Waals surface area contributed by atoms with E-state index in [1.165, 1.54) is 35.5 Å². The van der Waals surface area contributed by atoms with Gasteiger partial charge in [-0.2, -0.15) is 4.98 Å². The van der Waals surface area contributed by atoms with Crippen molar-refractivity contribution in [3.8, 4) is 0 Å². The molecule has 3 aromatic rings. The fourth-order valence-corrected chi connectivity index (χ4v) is 4.35. The molecule has 2 amide bonds. The van der Waals surface area contributed by atoms with E-state index in [9.17, 15) is 14.0 Å². The Labute approximate surface area is 219 Å². The molecule has 0 saturated heterocycles. The number of nitrogens with zero attached hydrogens (tertiary/aromatic N) is 4. The maximum absolute atomic E-state index is 14.8. The van der Waals surface area contributed by atoms with Crippen LogP contribution in [0.5, 0.6) is 0 Å². The number of primary amides is 1. The van der Waals surface area contributed by atoms with E-state index < -0.39 is 17.6 Å². The van der Waals surface area contributed by atoms with Crippen LogP contribution in [0.25, 0.3) is 0 Å². The number of carbonyl (C=O) groups excluding carboxylic acids is 2. The Balaban J connectivity index is 1.72. The zero-order valence-electron chi connectivity index (χ0n) is 20.7. The van der Waals surface area contributed by atoms with Crippen molar-refractivity contribution in [2.45, 2.75) is 19.8 Å². The summed E-state index contributed by atoms with van der Waals surface area (Å²) in [4.78, 5) is 37.2. The van der Waals surface area contributed by atoms with Crippen LogP contribution in [-0.2, 0) is 17.6 Å². The monoisotopic (exact) mass is 525 g/mol. The third-order valence-corrected chi connectivity index (χ3v) is 6.43. The molecule has 194 valence electrons. The number of nitrogens with one attached hydrogen (secondary N) is 2. The van der Waals surface area contributed by atoms with Gasteiger partial charge >= 0.3 is 0 Å². The standard InChI is InChI=1S/C26H29ClFN7O2/c1-3-30-25(37)19-5-4-6-21(28)23(19)32-24-20(27)14-31-26(33-24)35(15-22(29)36)18-8-7-16-9-11-34(2)12-10-17(16)13-18/h4-8,13-14H,3,9-12,15H2,1-2H3,(H2,29,36)(H,30,37)(H,31,32,33). The molecule has 4 N–H and O–H groups in total. The van der Waals surface area contributed by atoms with E-state index in [0.717, 1.165) is 25.9 Å². The van der Waals surface area contributed by atoms with Gasteiger partial charge in [0, 0.05) is 25.3 Å². The van der Waals surface area contributed by atoms with Crippen molar-refractivity contribution in [2.24, 2.45) is 5.73 Å². The van der Waals surface area contributed by atoms with E-state index in [1.54, 1.807) is 11.8 Å². The summed E-state index contributed by atoms with van der Waals surface area (Å²) in [5, 5.41) is 5.61. The Kier molecular flexibility index (Phi) is 8.20. The zero-order valence-corrected chi connectivity index (χ0v) is 21.5. The molecule has 0 radical (unpaired) electrons. The van der Waals surface area contributed by atoms with Gasteiger partial charge in [-0.1, -0.05) is 23.7 Å².